The third-order valence-corrected chi connectivity index (χ3v) is 9.21. The van der Waals surface area contributed by atoms with Gasteiger partial charge in [-0.25, -0.2) is 4.79 Å². The second-order valence-electron chi connectivity index (χ2n) is 11.1. The number of aliphatic carboxylic acids is 1. The molecule has 1 aromatic heterocycles. The molecule has 1 spiro atoms. The molecule has 1 aromatic rings. The van der Waals surface area contributed by atoms with E-state index in [1.54, 1.807) is 0 Å². The summed E-state index contributed by atoms with van der Waals surface area (Å²) in [7, 11) is 1.20. The molecule has 41 heavy (non-hydrogen) atoms. The van der Waals surface area contributed by atoms with Gasteiger partial charge >= 0.3 is 11.9 Å². The van der Waals surface area contributed by atoms with Gasteiger partial charge in [0.15, 0.2) is 11.2 Å². The molecule has 5 rings (SSSR count). The van der Waals surface area contributed by atoms with E-state index in [4.69, 9.17) is 18.9 Å². The minimum Gasteiger partial charge on any atom is -0.483 e. The normalized spacial score (nSPS) is 37.6. The Morgan fingerprint density at radius 3 is 2.68 bits per heavy atom. The number of methoxy groups -OCH3 is 1. The van der Waals surface area contributed by atoms with Crippen LogP contribution in [0.3, 0.4) is 0 Å². The second kappa shape index (κ2) is 10.7. The lowest BCUT2D eigenvalue weighted by Crippen LogP contribution is -2.82. The molecule has 0 aromatic carbocycles. The number of rotatable bonds is 9. The zero-order valence-corrected chi connectivity index (χ0v) is 23.0. The largest absolute Gasteiger partial charge is 0.483 e. The lowest BCUT2D eigenvalue weighted by molar-refractivity contribution is -0.434. The second-order valence-corrected chi connectivity index (χ2v) is 11.1. The molecule has 0 unspecified atom stereocenters. The van der Waals surface area contributed by atoms with E-state index in [2.05, 4.69) is 11.6 Å². The van der Waals surface area contributed by atoms with Gasteiger partial charge in [0.1, 0.15) is 25.1 Å². The van der Waals surface area contributed by atoms with Crippen LogP contribution in [0.1, 0.15) is 38.3 Å². The fraction of sp³-hybridized carbons (Fsp3) is 0.586. The van der Waals surface area contributed by atoms with Crippen LogP contribution in [0.15, 0.2) is 30.4 Å². The highest BCUT2D eigenvalue weighted by molar-refractivity contribution is 5.90. The number of aliphatic hydroxyl groups excluding tert-OH is 3. The number of aromatic amines is 1. The Morgan fingerprint density at radius 2 is 2.07 bits per heavy atom. The van der Waals surface area contributed by atoms with Crippen LogP contribution in [0.25, 0.3) is 11.8 Å². The number of hydrogen-bond acceptors (Lipinski definition) is 10. The van der Waals surface area contributed by atoms with Gasteiger partial charge in [-0.3, -0.25) is 4.79 Å². The number of carboxylic acid groups (broad SMARTS) is 1. The average molecular weight is 576 g/mol. The Bertz CT molecular complexity index is 1380. The molecule has 12 heteroatoms. The summed E-state index contributed by atoms with van der Waals surface area (Å²) in [6.07, 6.45) is 1.07. The number of aryl methyl sites for hydroxylation is 1. The minimum absolute atomic E-state index is 0.0671. The van der Waals surface area contributed by atoms with Crippen molar-refractivity contribution in [3.63, 3.8) is 0 Å². The quantitative estimate of drug-likeness (QED) is 0.156. The maximum atomic E-state index is 12.5. The van der Waals surface area contributed by atoms with E-state index in [9.17, 15) is 35.1 Å². The number of fused-ring (bicyclic) bond motifs is 2. The maximum Gasteiger partial charge on any atom is 0.333 e. The first-order chi connectivity index (χ1) is 19.5. The standard InChI is InChI=1S/C29H37NO11/c1-4-15-10-19-20-8-9-27(37)26(36)29(20,39-13-21(19)30-15)23(12-31)41-28(27,14-32)40-22-7-6-17(25(35)38-3)18(11-24(33)34)16(22)5-2/h5-6,10,13,16,18,22-23,26,30-32,36-37H,2,4,7-9,11-12,14H2,1,3H3,(H,33,34)/t16-,18+,22-,23-,26-,27-,28-,29-/m1/s1. The predicted molar refractivity (Wildman–Crippen MR) is 142 cm³/mol. The molecule has 4 aliphatic rings. The first-order valence-corrected chi connectivity index (χ1v) is 13.8. The van der Waals surface area contributed by atoms with Crippen molar-refractivity contribution in [2.75, 3.05) is 20.3 Å². The van der Waals surface area contributed by atoms with E-state index in [1.807, 2.05) is 13.0 Å². The molecule has 2 bridgehead atoms. The van der Waals surface area contributed by atoms with Crippen LogP contribution in [0.5, 0.6) is 0 Å². The summed E-state index contributed by atoms with van der Waals surface area (Å²) in [5.74, 6) is -5.71. The molecule has 2 aliphatic carbocycles. The number of nitrogens with one attached hydrogen (secondary N) is 1. The summed E-state index contributed by atoms with van der Waals surface area (Å²) in [6.45, 7) is 4.27. The SMILES string of the molecule is C=C[C@@H]1[C@H](CC(=O)O)C(C(=O)OC)=CC[C@H]1O[C@]1(CO)O[C@H](CO)[C@]23OC=c4[nH]c(CC)cc4=C2CC[C@@]1(O)[C@H]3O. The molecule has 0 amide bonds. The smallest absolute Gasteiger partial charge is 0.333 e. The highest BCUT2D eigenvalue weighted by Crippen LogP contribution is 2.56. The van der Waals surface area contributed by atoms with Crippen LogP contribution in [-0.2, 0) is 35.0 Å². The van der Waals surface area contributed by atoms with Crippen molar-refractivity contribution in [2.24, 2.45) is 11.8 Å². The average Bonchev–Trinajstić information content (AvgIpc) is 3.39. The van der Waals surface area contributed by atoms with E-state index < -0.39 is 78.7 Å². The maximum absolute atomic E-state index is 12.5. The van der Waals surface area contributed by atoms with E-state index in [-0.39, 0.29) is 24.8 Å². The van der Waals surface area contributed by atoms with Crippen LogP contribution >= 0.6 is 0 Å². The molecule has 8 atom stereocenters. The molecular weight excluding hydrogens is 538 g/mol. The van der Waals surface area contributed by atoms with Crippen molar-refractivity contribution < 1.29 is 54.1 Å². The third kappa shape index (κ3) is 4.19. The first-order valence-electron chi connectivity index (χ1n) is 13.8. The van der Waals surface area contributed by atoms with Gasteiger partial charge in [-0.2, -0.15) is 0 Å². The third-order valence-electron chi connectivity index (χ3n) is 9.21. The van der Waals surface area contributed by atoms with Crippen molar-refractivity contribution in [1.82, 2.24) is 4.98 Å². The highest BCUT2D eigenvalue weighted by Gasteiger charge is 2.75. The lowest BCUT2D eigenvalue weighted by atomic mass is 9.61. The van der Waals surface area contributed by atoms with Crippen molar-refractivity contribution in [3.05, 3.63) is 46.6 Å². The number of carbonyl (C=O) groups excluding carboxylic acids is 1. The van der Waals surface area contributed by atoms with E-state index in [0.717, 1.165) is 17.3 Å². The summed E-state index contributed by atoms with van der Waals surface area (Å²) in [6, 6.07) is 1.95. The lowest BCUT2D eigenvalue weighted by Gasteiger charge is -2.63. The number of ether oxygens (including phenoxy) is 4. The first kappa shape index (κ1) is 29.5. The molecule has 6 N–H and O–H groups in total. The molecule has 2 fully saturated rings. The number of aliphatic hydroxyl groups is 4. The Hall–Kier alpha value is -3.00. The molecule has 0 radical (unpaired) electrons. The molecule has 12 nitrogen and oxygen atoms in total. The van der Waals surface area contributed by atoms with Crippen LogP contribution < -0.4 is 10.6 Å². The summed E-state index contributed by atoms with van der Waals surface area (Å²) < 4.78 is 23.6. The Labute approximate surface area is 236 Å². The molecule has 3 heterocycles. The summed E-state index contributed by atoms with van der Waals surface area (Å²) in [5.41, 5.74) is -2.10. The number of hydrogen-bond donors (Lipinski definition) is 6. The zero-order chi connectivity index (χ0) is 29.7. The van der Waals surface area contributed by atoms with Crippen molar-refractivity contribution in [1.29, 1.82) is 0 Å². The number of aromatic nitrogens is 1. The van der Waals surface area contributed by atoms with Gasteiger partial charge in [0.05, 0.1) is 31.6 Å². The topological polar surface area (TPSA) is 188 Å². The zero-order valence-electron chi connectivity index (χ0n) is 23.0. The number of esters is 1. The Morgan fingerprint density at radius 1 is 1.32 bits per heavy atom. The van der Waals surface area contributed by atoms with Crippen LogP contribution in [0, 0.1) is 11.8 Å². The molecule has 1 saturated carbocycles. The van der Waals surface area contributed by atoms with Crippen molar-refractivity contribution >= 4 is 23.8 Å². The summed E-state index contributed by atoms with van der Waals surface area (Å²) >= 11 is 0. The summed E-state index contributed by atoms with van der Waals surface area (Å²) in [4.78, 5) is 27.4. The predicted octanol–water partition coefficient (Wildman–Crippen LogP) is -1.02. The molecule has 1 saturated heterocycles. The number of carbonyl (C=O) groups is 2. The Balaban J connectivity index is 1.57. The van der Waals surface area contributed by atoms with Gasteiger partial charge in [0, 0.05) is 28.3 Å². The van der Waals surface area contributed by atoms with Gasteiger partial charge in [0.25, 0.3) is 0 Å². The molecular formula is C29H37NO11. The van der Waals surface area contributed by atoms with Gasteiger partial charge in [-0.05, 0) is 37.3 Å². The Kier molecular flexibility index (Phi) is 7.68. The molecule has 224 valence electrons. The molecule has 2 aliphatic heterocycles. The van der Waals surface area contributed by atoms with Gasteiger partial charge in [0.2, 0.25) is 5.79 Å². The number of H-pyrrole nitrogens is 1. The van der Waals surface area contributed by atoms with Crippen molar-refractivity contribution in [3.8, 4) is 0 Å². The fourth-order valence-corrected chi connectivity index (χ4v) is 7.14. The number of carboxylic acids is 1. The van der Waals surface area contributed by atoms with Crippen LogP contribution in [-0.4, -0.2) is 98.1 Å². The van der Waals surface area contributed by atoms with Crippen LogP contribution in [0.2, 0.25) is 0 Å². The van der Waals surface area contributed by atoms with Crippen LogP contribution in [0.4, 0.5) is 0 Å². The van der Waals surface area contributed by atoms with E-state index in [0.29, 0.717) is 10.9 Å². The highest BCUT2D eigenvalue weighted by atomic mass is 16.7. The van der Waals surface area contributed by atoms with Gasteiger partial charge < -0.3 is 49.5 Å². The summed E-state index contributed by atoms with van der Waals surface area (Å²) in [5, 5.41) is 56.4. The van der Waals surface area contributed by atoms with E-state index >= 15 is 0 Å². The van der Waals surface area contributed by atoms with E-state index in [1.165, 1.54) is 25.5 Å². The van der Waals surface area contributed by atoms with Crippen molar-refractivity contribution in [2.45, 2.75) is 74.3 Å². The van der Waals surface area contributed by atoms with Gasteiger partial charge in [-0.1, -0.05) is 19.1 Å². The van der Waals surface area contributed by atoms with Gasteiger partial charge in [-0.15, -0.1) is 6.58 Å². The monoisotopic (exact) mass is 575 g/mol. The minimum atomic E-state index is -2.23. The fourth-order valence-electron chi connectivity index (χ4n) is 7.14.